The van der Waals surface area contributed by atoms with Crippen molar-refractivity contribution in [3.05, 3.63) is 59.1 Å². The van der Waals surface area contributed by atoms with E-state index in [0.29, 0.717) is 27.5 Å². The number of nitrogens with one attached hydrogen (secondary N) is 4. The van der Waals surface area contributed by atoms with Gasteiger partial charge in [-0.3, -0.25) is 9.59 Å². The number of nitrogens with zero attached hydrogens (tertiary/aromatic N) is 3. The third kappa shape index (κ3) is 6.90. The van der Waals surface area contributed by atoms with Crippen molar-refractivity contribution in [2.24, 2.45) is 5.10 Å². The summed E-state index contributed by atoms with van der Waals surface area (Å²) in [5.41, 5.74) is 4.80. The van der Waals surface area contributed by atoms with Crippen LogP contribution < -0.4 is 16.1 Å². The Morgan fingerprint density at radius 3 is 2.63 bits per heavy atom. The molecule has 11 heteroatoms. The zero-order chi connectivity index (χ0) is 21.3. The van der Waals surface area contributed by atoms with Crippen molar-refractivity contribution in [1.29, 1.82) is 0 Å². The fraction of sp³-hybridized carbons (Fsp3) is 0.105. The fourth-order valence-corrected chi connectivity index (χ4v) is 3.01. The summed E-state index contributed by atoms with van der Waals surface area (Å²) >= 11 is 7.01. The van der Waals surface area contributed by atoms with Crippen LogP contribution in [0.2, 0.25) is 5.02 Å². The molecule has 0 bridgehead atoms. The lowest BCUT2D eigenvalue weighted by atomic mass is 10.2. The van der Waals surface area contributed by atoms with Crippen LogP contribution in [0.1, 0.15) is 12.5 Å². The van der Waals surface area contributed by atoms with Crippen molar-refractivity contribution in [2.45, 2.75) is 12.1 Å². The molecule has 154 valence electrons. The molecule has 0 saturated heterocycles. The van der Waals surface area contributed by atoms with Gasteiger partial charge in [0.25, 0.3) is 0 Å². The molecule has 0 aliphatic carbocycles. The average molecular weight is 444 g/mol. The minimum absolute atomic E-state index is 0.121. The predicted molar refractivity (Wildman–Crippen MR) is 119 cm³/mol. The number of anilines is 3. The van der Waals surface area contributed by atoms with Gasteiger partial charge in [0.2, 0.25) is 22.9 Å². The zero-order valence-corrected chi connectivity index (χ0v) is 17.4. The lowest BCUT2D eigenvalue weighted by Crippen LogP contribution is -2.14. The largest absolute Gasteiger partial charge is 0.326 e. The minimum atomic E-state index is -0.222. The SMILES string of the molecule is CC(=O)Nc1cccc(NC(=O)CSc2n[nH]c(N/N=C\c3ccc(Cl)cc3)n2)c1. The highest BCUT2D eigenvalue weighted by Crippen LogP contribution is 2.17. The van der Waals surface area contributed by atoms with Crippen molar-refractivity contribution < 1.29 is 9.59 Å². The van der Waals surface area contributed by atoms with E-state index in [2.05, 4.69) is 36.3 Å². The molecule has 1 aromatic heterocycles. The zero-order valence-electron chi connectivity index (χ0n) is 15.8. The van der Waals surface area contributed by atoms with E-state index in [1.165, 1.54) is 18.7 Å². The highest BCUT2D eigenvalue weighted by Gasteiger charge is 2.08. The number of hydrogen-bond acceptors (Lipinski definition) is 7. The van der Waals surface area contributed by atoms with Crippen LogP contribution >= 0.6 is 23.4 Å². The molecule has 0 saturated carbocycles. The summed E-state index contributed by atoms with van der Waals surface area (Å²) in [6.45, 7) is 1.42. The van der Waals surface area contributed by atoms with Crippen molar-refractivity contribution in [3.8, 4) is 0 Å². The van der Waals surface area contributed by atoms with Gasteiger partial charge in [-0.2, -0.15) is 10.1 Å². The van der Waals surface area contributed by atoms with Crippen LogP contribution in [-0.4, -0.2) is 39.0 Å². The average Bonchev–Trinajstić information content (AvgIpc) is 3.15. The van der Waals surface area contributed by atoms with Crippen LogP contribution in [0.3, 0.4) is 0 Å². The molecule has 2 aromatic carbocycles. The number of H-pyrrole nitrogens is 1. The molecule has 0 atom stereocenters. The lowest BCUT2D eigenvalue weighted by Gasteiger charge is -2.07. The van der Waals surface area contributed by atoms with E-state index in [9.17, 15) is 9.59 Å². The number of hydrazone groups is 1. The third-order valence-corrected chi connectivity index (χ3v) is 4.62. The molecule has 3 aromatic rings. The minimum Gasteiger partial charge on any atom is -0.326 e. The Kier molecular flexibility index (Phi) is 7.41. The summed E-state index contributed by atoms with van der Waals surface area (Å²) in [5, 5.41) is 17.3. The number of hydrogen-bond donors (Lipinski definition) is 4. The van der Waals surface area contributed by atoms with Gasteiger partial charge in [-0.1, -0.05) is 41.6 Å². The molecule has 30 heavy (non-hydrogen) atoms. The Balaban J connectivity index is 1.46. The molecular formula is C19H18ClN7O2S. The van der Waals surface area contributed by atoms with E-state index in [1.54, 1.807) is 42.6 Å². The van der Waals surface area contributed by atoms with E-state index >= 15 is 0 Å². The van der Waals surface area contributed by atoms with Crippen LogP contribution in [-0.2, 0) is 9.59 Å². The summed E-state index contributed by atoms with van der Waals surface area (Å²) in [6, 6.07) is 14.1. The second-order valence-corrected chi connectivity index (χ2v) is 7.37. The maximum absolute atomic E-state index is 12.1. The summed E-state index contributed by atoms with van der Waals surface area (Å²) < 4.78 is 0. The lowest BCUT2D eigenvalue weighted by molar-refractivity contribution is -0.114. The standard InChI is InChI=1S/C19H18ClN7O2S/c1-12(28)22-15-3-2-4-16(9-15)23-17(29)11-30-19-24-18(26-27-19)25-21-10-13-5-7-14(20)8-6-13/h2-10H,11H2,1H3,(H,22,28)(H,23,29)(H2,24,25,26,27)/b21-10-. The third-order valence-electron chi connectivity index (χ3n) is 3.52. The van der Waals surface area contributed by atoms with E-state index in [4.69, 9.17) is 11.6 Å². The van der Waals surface area contributed by atoms with E-state index < -0.39 is 0 Å². The molecule has 1 heterocycles. The van der Waals surface area contributed by atoms with Gasteiger partial charge < -0.3 is 10.6 Å². The highest BCUT2D eigenvalue weighted by molar-refractivity contribution is 7.99. The number of thioether (sulfide) groups is 1. The molecule has 0 spiro atoms. The van der Waals surface area contributed by atoms with Crippen molar-refractivity contribution in [1.82, 2.24) is 15.2 Å². The molecule has 3 rings (SSSR count). The van der Waals surface area contributed by atoms with Gasteiger partial charge in [-0.05, 0) is 35.9 Å². The molecule has 2 amide bonds. The Bertz CT molecular complexity index is 1050. The Hall–Kier alpha value is -3.37. The highest BCUT2D eigenvalue weighted by atomic mass is 35.5. The van der Waals surface area contributed by atoms with Gasteiger partial charge >= 0.3 is 0 Å². The number of carbonyl (C=O) groups excluding carboxylic acids is 2. The normalized spacial score (nSPS) is 10.7. The summed E-state index contributed by atoms with van der Waals surface area (Å²) in [5.74, 6) is 0.0714. The van der Waals surface area contributed by atoms with Gasteiger partial charge in [0.15, 0.2) is 0 Å². The smallest absolute Gasteiger partial charge is 0.240 e. The molecule has 0 radical (unpaired) electrons. The van der Waals surface area contributed by atoms with Crippen LogP contribution in [0, 0.1) is 0 Å². The molecule has 4 N–H and O–H groups in total. The van der Waals surface area contributed by atoms with E-state index in [-0.39, 0.29) is 17.6 Å². The Morgan fingerprint density at radius 1 is 1.17 bits per heavy atom. The monoisotopic (exact) mass is 443 g/mol. The Labute approximate surface area is 181 Å². The van der Waals surface area contributed by atoms with Gasteiger partial charge in [-0.15, -0.1) is 5.10 Å². The van der Waals surface area contributed by atoms with Crippen LogP contribution in [0.15, 0.2) is 58.8 Å². The van der Waals surface area contributed by atoms with Crippen LogP contribution in [0.4, 0.5) is 17.3 Å². The second-order valence-electron chi connectivity index (χ2n) is 5.99. The summed E-state index contributed by atoms with van der Waals surface area (Å²) in [6.07, 6.45) is 1.62. The van der Waals surface area contributed by atoms with E-state index in [0.717, 1.165) is 5.56 Å². The topological polar surface area (TPSA) is 124 Å². The first kappa shape index (κ1) is 21.3. The van der Waals surface area contributed by atoms with Gasteiger partial charge in [-0.25, -0.2) is 10.5 Å². The Morgan fingerprint density at radius 2 is 1.90 bits per heavy atom. The van der Waals surface area contributed by atoms with Gasteiger partial charge in [0, 0.05) is 23.3 Å². The molecule has 0 fully saturated rings. The van der Waals surface area contributed by atoms with Crippen LogP contribution in [0.25, 0.3) is 0 Å². The first-order valence-corrected chi connectivity index (χ1v) is 10.1. The quantitative estimate of drug-likeness (QED) is 0.239. The predicted octanol–water partition coefficient (Wildman–Crippen LogP) is 3.59. The van der Waals surface area contributed by atoms with Crippen LogP contribution in [0.5, 0.6) is 0 Å². The number of rotatable bonds is 8. The number of amides is 2. The molecule has 0 aliphatic rings. The number of carbonyl (C=O) groups is 2. The number of benzene rings is 2. The summed E-state index contributed by atoms with van der Waals surface area (Å²) in [4.78, 5) is 27.5. The molecule has 0 unspecified atom stereocenters. The first-order valence-electron chi connectivity index (χ1n) is 8.75. The number of aromatic nitrogens is 3. The first-order chi connectivity index (χ1) is 14.5. The fourth-order valence-electron chi connectivity index (χ4n) is 2.28. The second kappa shape index (κ2) is 10.4. The van der Waals surface area contributed by atoms with Gasteiger partial charge in [0.1, 0.15) is 0 Å². The molecule has 9 nitrogen and oxygen atoms in total. The molecular weight excluding hydrogens is 426 g/mol. The van der Waals surface area contributed by atoms with Crippen molar-refractivity contribution >= 4 is 58.7 Å². The maximum Gasteiger partial charge on any atom is 0.240 e. The summed E-state index contributed by atoms with van der Waals surface area (Å²) in [7, 11) is 0. The van der Waals surface area contributed by atoms with Crippen molar-refractivity contribution in [3.63, 3.8) is 0 Å². The van der Waals surface area contributed by atoms with E-state index in [1.807, 2.05) is 12.1 Å². The maximum atomic E-state index is 12.1. The number of halogens is 1. The van der Waals surface area contributed by atoms with Crippen molar-refractivity contribution in [2.75, 3.05) is 21.8 Å². The van der Waals surface area contributed by atoms with Gasteiger partial charge in [0.05, 0.1) is 12.0 Å². The number of aromatic amines is 1. The molecule has 0 aliphatic heterocycles.